The minimum Gasteiger partial charge on any atom is -0.346 e. The molecule has 0 bridgehead atoms. The number of rotatable bonds is 3. The van der Waals surface area contributed by atoms with Gasteiger partial charge in [0.2, 0.25) is 0 Å². The molecule has 0 spiro atoms. The minimum atomic E-state index is -2.46. The number of hydrogen-bond donors (Lipinski definition) is 3. The van der Waals surface area contributed by atoms with E-state index in [4.69, 9.17) is 4.89 Å². The molecule has 0 aliphatic carbocycles. The van der Waals surface area contributed by atoms with Crippen molar-refractivity contribution in [2.24, 2.45) is 0 Å². The Morgan fingerprint density at radius 1 is 1.89 bits per heavy atom. The van der Waals surface area contributed by atoms with Crippen LogP contribution < -0.4 is 5.09 Å². The molecule has 0 aliphatic heterocycles. The SMILES string of the molecule is CC[C@H](C)NP(O)(=S)S. The van der Waals surface area contributed by atoms with E-state index < -0.39 is 5.62 Å². The fraction of sp³-hybridized carbons (Fsp3) is 1.00. The monoisotopic (exact) mass is 185 g/mol. The standard InChI is InChI=1S/C4H12NOPS2/c1-3-4(2)5-7(6,8)9/h4H,3H2,1-2H3,(H3,5,6,8,9)/t4-/m0/s1. The molecule has 0 aliphatic rings. The van der Waals surface area contributed by atoms with Crippen LogP contribution in [0.15, 0.2) is 0 Å². The zero-order chi connectivity index (χ0) is 7.49. The van der Waals surface area contributed by atoms with Crippen molar-refractivity contribution in [2.45, 2.75) is 26.3 Å². The van der Waals surface area contributed by atoms with Gasteiger partial charge in [0.15, 0.2) is 5.62 Å². The lowest BCUT2D eigenvalue weighted by Crippen LogP contribution is -2.19. The lowest BCUT2D eigenvalue weighted by molar-refractivity contribution is 0.582. The summed E-state index contributed by atoms with van der Waals surface area (Å²) in [5.41, 5.74) is -2.46. The van der Waals surface area contributed by atoms with Crippen molar-refractivity contribution in [1.82, 2.24) is 5.09 Å². The predicted octanol–water partition coefficient (Wildman–Crippen LogP) is 1.52. The van der Waals surface area contributed by atoms with E-state index in [2.05, 4.69) is 29.1 Å². The van der Waals surface area contributed by atoms with E-state index in [9.17, 15) is 0 Å². The Morgan fingerprint density at radius 2 is 2.33 bits per heavy atom. The molecule has 0 saturated carbocycles. The van der Waals surface area contributed by atoms with Crippen LogP contribution in [0.3, 0.4) is 0 Å². The van der Waals surface area contributed by atoms with Crippen LogP contribution in [0.4, 0.5) is 0 Å². The van der Waals surface area contributed by atoms with E-state index >= 15 is 0 Å². The molecular weight excluding hydrogens is 173 g/mol. The van der Waals surface area contributed by atoms with Crippen molar-refractivity contribution >= 4 is 29.7 Å². The van der Waals surface area contributed by atoms with Gasteiger partial charge in [-0.15, -0.1) is 12.2 Å². The minimum absolute atomic E-state index is 0.262. The second-order valence-electron chi connectivity index (χ2n) is 1.98. The Bertz CT molecular complexity index is 124. The number of nitrogens with one attached hydrogen (secondary N) is 1. The van der Waals surface area contributed by atoms with Gasteiger partial charge in [0.25, 0.3) is 0 Å². The lowest BCUT2D eigenvalue weighted by atomic mass is 10.3. The average molecular weight is 185 g/mol. The van der Waals surface area contributed by atoms with Gasteiger partial charge < -0.3 is 4.89 Å². The molecule has 2 atom stereocenters. The summed E-state index contributed by atoms with van der Waals surface area (Å²) >= 11 is 8.47. The fourth-order valence-electron chi connectivity index (χ4n) is 0.378. The molecule has 0 saturated heterocycles. The molecule has 9 heavy (non-hydrogen) atoms. The summed E-state index contributed by atoms with van der Waals surface area (Å²) in [5.74, 6) is 0. The Balaban J connectivity index is 3.60. The fourth-order valence-corrected chi connectivity index (χ4v) is 2.27. The van der Waals surface area contributed by atoms with Gasteiger partial charge in [-0.2, -0.15) is 0 Å². The summed E-state index contributed by atoms with van der Waals surface area (Å²) in [6, 6.07) is 0.262. The van der Waals surface area contributed by atoms with Crippen molar-refractivity contribution in [3.05, 3.63) is 0 Å². The number of thiol groups is 1. The highest BCUT2D eigenvalue weighted by atomic mass is 32.9. The molecule has 2 nitrogen and oxygen atoms in total. The van der Waals surface area contributed by atoms with Crippen molar-refractivity contribution in [1.29, 1.82) is 0 Å². The largest absolute Gasteiger partial charge is 0.346 e. The highest BCUT2D eigenvalue weighted by molar-refractivity contribution is 8.60. The molecule has 2 N–H and O–H groups in total. The molecule has 0 heterocycles. The molecule has 0 fully saturated rings. The van der Waals surface area contributed by atoms with E-state index in [-0.39, 0.29) is 6.04 Å². The third-order valence-electron chi connectivity index (χ3n) is 1.00. The predicted molar refractivity (Wildman–Crippen MR) is 48.4 cm³/mol. The second-order valence-corrected chi connectivity index (χ2v) is 7.46. The highest BCUT2D eigenvalue weighted by Gasteiger charge is 2.07. The molecule has 0 rings (SSSR count). The summed E-state index contributed by atoms with van der Waals surface area (Å²) in [5, 5.41) is 2.81. The van der Waals surface area contributed by atoms with E-state index in [0.29, 0.717) is 0 Å². The van der Waals surface area contributed by atoms with Crippen LogP contribution in [0.25, 0.3) is 0 Å². The van der Waals surface area contributed by atoms with Gasteiger partial charge >= 0.3 is 0 Å². The van der Waals surface area contributed by atoms with Gasteiger partial charge in [-0.25, -0.2) is 0 Å². The summed E-state index contributed by atoms with van der Waals surface area (Å²) in [4.78, 5) is 9.00. The summed E-state index contributed by atoms with van der Waals surface area (Å²) in [6.07, 6.45) is 0.958. The molecule has 0 aromatic carbocycles. The highest BCUT2D eigenvalue weighted by Crippen LogP contribution is 2.41. The van der Waals surface area contributed by atoms with E-state index in [0.717, 1.165) is 6.42 Å². The zero-order valence-corrected chi connectivity index (χ0v) is 8.14. The van der Waals surface area contributed by atoms with Gasteiger partial charge in [0.1, 0.15) is 0 Å². The smallest absolute Gasteiger partial charge is 0.180 e. The van der Waals surface area contributed by atoms with Crippen LogP contribution in [0, 0.1) is 0 Å². The maximum Gasteiger partial charge on any atom is 0.180 e. The molecule has 1 unspecified atom stereocenters. The first-order valence-corrected chi connectivity index (χ1v) is 6.70. The Labute approximate surface area is 66.3 Å². The normalized spacial score (nSPS) is 20.9. The van der Waals surface area contributed by atoms with Crippen LogP contribution >= 0.6 is 17.9 Å². The Kier molecular flexibility index (Phi) is 4.34. The summed E-state index contributed by atoms with van der Waals surface area (Å²) in [7, 11) is 0. The summed E-state index contributed by atoms with van der Waals surface area (Å²) in [6.45, 7) is 3.99. The van der Waals surface area contributed by atoms with Gasteiger partial charge in [0.05, 0.1) is 0 Å². The topological polar surface area (TPSA) is 32.3 Å². The van der Waals surface area contributed by atoms with E-state index in [1.807, 2.05) is 13.8 Å². The van der Waals surface area contributed by atoms with Crippen LogP contribution in [-0.4, -0.2) is 10.9 Å². The van der Waals surface area contributed by atoms with Gasteiger partial charge in [-0.1, -0.05) is 6.92 Å². The molecule has 0 radical (unpaired) electrons. The average Bonchev–Trinajstić information content (AvgIpc) is 1.62. The lowest BCUT2D eigenvalue weighted by Gasteiger charge is -2.15. The van der Waals surface area contributed by atoms with Gasteiger partial charge in [-0.05, 0) is 25.2 Å². The van der Waals surface area contributed by atoms with Crippen LogP contribution in [-0.2, 0) is 11.8 Å². The molecular formula is C4H12NOPS2. The van der Waals surface area contributed by atoms with E-state index in [1.54, 1.807) is 0 Å². The number of hydrogen-bond acceptors (Lipinski definition) is 1. The molecule has 56 valence electrons. The third kappa shape index (κ3) is 6.81. The van der Waals surface area contributed by atoms with Crippen molar-refractivity contribution in [3.8, 4) is 0 Å². The second kappa shape index (κ2) is 3.94. The van der Waals surface area contributed by atoms with Gasteiger partial charge in [-0.3, -0.25) is 5.09 Å². The third-order valence-corrected chi connectivity index (χ3v) is 2.44. The molecule has 5 heteroatoms. The van der Waals surface area contributed by atoms with Crippen LogP contribution in [0.5, 0.6) is 0 Å². The van der Waals surface area contributed by atoms with Crippen LogP contribution in [0.2, 0.25) is 0 Å². The first-order valence-electron chi connectivity index (χ1n) is 2.79. The Morgan fingerprint density at radius 3 is 2.44 bits per heavy atom. The molecule has 0 amide bonds. The molecule has 0 aromatic heterocycles. The summed E-state index contributed by atoms with van der Waals surface area (Å²) < 4.78 is 0. The first-order chi connectivity index (χ1) is 3.95. The van der Waals surface area contributed by atoms with Crippen molar-refractivity contribution < 1.29 is 4.89 Å². The Hall–Kier alpha value is 0.920. The van der Waals surface area contributed by atoms with Crippen LogP contribution in [0.1, 0.15) is 20.3 Å². The zero-order valence-electron chi connectivity index (χ0n) is 5.53. The van der Waals surface area contributed by atoms with Crippen molar-refractivity contribution in [2.75, 3.05) is 0 Å². The maximum atomic E-state index is 9.00. The van der Waals surface area contributed by atoms with E-state index in [1.165, 1.54) is 0 Å². The first kappa shape index (κ1) is 9.92. The molecule has 0 aromatic rings. The van der Waals surface area contributed by atoms with Gasteiger partial charge in [0, 0.05) is 6.04 Å². The maximum absolute atomic E-state index is 9.00. The van der Waals surface area contributed by atoms with Crippen molar-refractivity contribution in [3.63, 3.8) is 0 Å². The quantitative estimate of drug-likeness (QED) is 0.460.